The Hall–Kier alpha value is -1.07. The highest BCUT2D eigenvalue weighted by molar-refractivity contribution is 9.10. The van der Waals surface area contributed by atoms with Gasteiger partial charge in [0.2, 0.25) is 0 Å². The number of rotatable bonds is 3. The molecule has 0 atom stereocenters. The lowest BCUT2D eigenvalue weighted by molar-refractivity contribution is 0.618. The van der Waals surface area contributed by atoms with Crippen LogP contribution in [0.2, 0.25) is 0 Å². The number of nitrogens with zero attached hydrogens (tertiary/aromatic N) is 1. The highest BCUT2D eigenvalue weighted by atomic mass is 79.9. The molecule has 2 aromatic rings. The Labute approximate surface area is 112 Å². The number of thioether (sulfide) groups is 1. The molecule has 0 bridgehead atoms. The lowest BCUT2D eigenvalue weighted by atomic mass is 10.2. The van der Waals surface area contributed by atoms with Crippen molar-refractivity contribution in [2.45, 2.75) is 10.8 Å². The normalized spacial score (nSPS) is 10.5. The van der Waals surface area contributed by atoms with Gasteiger partial charge in [-0.3, -0.25) is 0 Å². The van der Waals surface area contributed by atoms with Gasteiger partial charge in [0.25, 0.3) is 0 Å². The van der Waals surface area contributed by atoms with E-state index in [0.717, 1.165) is 9.50 Å². The summed E-state index contributed by atoms with van der Waals surface area (Å²) in [4.78, 5) is 4.21. The van der Waals surface area contributed by atoms with E-state index in [1.807, 2.05) is 12.1 Å². The lowest BCUT2D eigenvalue weighted by Crippen LogP contribution is -1.92. The fraction of sp³-hybridized carbons (Fsp3) is 0.0833. The molecule has 0 aliphatic rings. The van der Waals surface area contributed by atoms with Gasteiger partial charge >= 0.3 is 0 Å². The van der Waals surface area contributed by atoms with Gasteiger partial charge in [-0.25, -0.2) is 9.37 Å². The van der Waals surface area contributed by atoms with Gasteiger partial charge in [0, 0.05) is 22.1 Å². The standard InChI is InChI=1S/C12H10BrFN2S/c13-9-2-4-12(16-6-9)17-7-8-1-3-10(15)5-11(8)14/h1-6H,7,15H2. The van der Waals surface area contributed by atoms with Gasteiger partial charge in [0.1, 0.15) is 5.82 Å². The molecule has 1 aromatic heterocycles. The van der Waals surface area contributed by atoms with E-state index in [0.29, 0.717) is 17.0 Å². The fourth-order valence-corrected chi connectivity index (χ4v) is 2.34. The van der Waals surface area contributed by atoms with Crippen molar-refractivity contribution in [1.29, 1.82) is 0 Å². The zero-order valence-corrected chi connectivity index (χ0v) is 11.3. The molecule has 17 heavy (non-hydrogen) atoms. The first-order valence-electron chi connectivity index (χ1n) is 4.93. The second-order valence-electron chi connectivity index (χ2n) is 3.45. The Kier molecular flexibility index (Phi) is 4.02. The molecule has 2 N–H and O–H groups in total. The molecule has 88 valence electrons. The first-order valence-corrected chi connectivity index (χ1v) is 6.71. The van der Waals surface area contributed by atoms with Gasteiger partial charge in [0.05, 0.1) is 5.03 Å². The van der Waals surface area contributed by atoms with Crippen molar-refractivity contribution in [3.05, 3.63) is 52.4 Å². The molecule has 0 saturated heterocycles. The van der Waals surface area contributed by atoms with Gasteiger partial charge < -0.3 is 5.73 Å². The summed E-state index contributed by atoms with van der Waals surface area (Å²) in [7, 11) is 0. The molecule has 2 rings (SSSR count). The van der Waals surface area contributed by atoms with Crippen molar-refractivity contribution in [3.63, 3.8) is 0 Å². The molecule has 0 radical (unpaired) electrons. The van der Waals surface area contributed by atoms with Crippen LogP contribution in [-0.2, 0) is 5.75 Å². The SMILES string of the molecule is Nc1ccc(CSc2ccc(Br)cn2)c(F)c1. The van der Waals surface area contributed by atoms with Crippen molar-refractivity contribution >= 4 is 33.4 Å². The van der Waals surface area contributed by atoms with Crippen molar-refractivity contribution in [2.24, 2.45) is 0 Å². The summed E-state index contributed by atoms with van der Waals surface area (Å²) in [6.45, 7) is 0. The molecule has 0 amide bonds. The number of pyridine rings is 1. The van der Waals surface area contributed by atoms with E-state index in [2.05, 4.69) is 20.9 Å². The van der Waals surface area contributed by atoms with Crippen molar-refractivity contribution < 1.29 is 4.39 Å². The monoisotopic (exact) mass is 312 g/mol. The van der Waals surface area contributed by atoms with Crippen LogP contribution in [0.3, 0.4) is 0 Å². The molecule has 0 aliphatic heterocycles. The summed E-state index contributed by atoms with van der Waals surface area (Å²) in [6, 6.07) is 8.55. The number of hydrogen-bond acceptors (Lipinski definition) is 3. The smallest absolute Gasteiger partial charge is 0.129 e. The van der Waals surface area contributed by atoms with Crippen molar-refractivity contribution in [1.82, 2.24) is 4.98 Å². The predicted molar refractivity (Wildman–Crippen MR) is 72.3 cm³/mol. The van der Waals surface area contributed by atoms with E-state index in [4.69, 9.17) is 5.73 Å². The largest absolute Gasteiger partial charge is 0.399 e. The van der Waals surface area contributed by atoms with Gasteiger partial charge in [0.15, 0.2) is 0 Å². The zero-order valence-electron chi connectivity index (χ0n) is 8.86. The van der Waals surface area contributed by atoms with Gasteiger partial charge in [-0.05, 0) is 45.8 Å². The fourth-order valence-electron chi connectivity index (χ4n) is 1.28. The highest BCUT2D eigenvalue weighted by Gasteiger charge is 2.04. The maximum absolute atomic E-state index is 13.5. The molecule has 0 aliphatic carbocycles. The summed E-state index contributed by atoms with van der Waals surface area (Å²) >= 11 is 4.80. The van der Waals surface area contributed by atoms with Gasteiger partial charge in [-0.15, -0.1) is 11.8 Å². The quantitative estimate of drug-likeness (QED) is 0.691. The minimum absolute atomic E-state index is 0.269. The number of nitrogen functional groups attached to an aromatic ring is 1. The third kappa shape index (κ3) is 3.44. The highest BCUT2D eigenvalue weighted by Crippen LogP contribution is 2.24. The predicted octanol–water partition coefficient (Wildman–Crippen LogP) is 3.86. The van der Waals surface area contributed by atoms with Crippen molar-refractivity contribution in [2.75, 3.05) is 5.73 Å². The van der Waals surface area contributed by atoms with Crippen LogP contribution in [0.4, 0.5) is 10.1 Å². The summed E-state index contributed by atoms with van der Waals surface area (Å²) in [5.41, 5.74) is 6.56. The maximum atomic E-state index is 13.5. The van der Waals surface area contributed by atoms with Crippen molar-refractivity contribution in [3.8, 4) is 0 Å². The first-order chi connectivity index (χ1) is 8.15. The first kappa shape index (κ1) is 12.4. The Balaban J connectivity index is 2.04. The molecule has 0 fully saturated rings. The van der Waals surface area contributed by atoms with Crippen LogP contribution in [0.1, 0.15) is 5.56 Å². The summed E-state index contributed by atoms with van der Waals surface area (Å²) < 4.78 is 14.4. The van der Waals surface area contributed by atoms with Gasteiger partial charge in [-0.1, -0.05) is 6.07 Å². The number of benzene rings is 1. The number of anilines is 1. The average Bonchev–Trinajstić information content (AvgIpc) is 2.30. The van der Waals surface area contributed by atoms with Crippen LogP contribution >= 0.6 is 27.7 Å². The second-order valence-corrected chi connectivity index (χ2v) is 5.37. The Morgan fingerprint density at radius 3 is 2.76 bits per heavy atom. The van der Waals surface area contributed by atoms with Crippen LogP contribution in [0, 0.1) is 5.82 Å². The molecular weight excluding hydrogens is 303 g/mol. The third-order valence-electron chi connectivity index (χ3n) is 2.15. The number of aromatic nitrogens is 1. The molecular formula is C12H10BrFN2S. The number of halogens is 2. The maximum Gasteiger partial charge on any atom is 0.129 e. The van der Waals surface area contributed by atoms with Crippen LogP contribution in [0.5, 0.6) is 0 Å². The molecule has 2 nitrogen and oxygen atoms in total. The average molecular weight is 313 g/mol. The molecule has 0 saturated carbocycles. The third-order valence-corrected chi connectivity index (χ3v) is 3.61. The molecule has 1 aromatic carbocycles. The van der Waals surface area contributed by atoms with Crippen LogP contribution in [-0.4, -0.2) is 4.98 Å². The van der Waals surface area contributed by atoms with E-state index in [9.17, 15) is 4.39 Å². The van der Waals surface area contributed by atoms with E-state index < -0.39 is 0 Å². The Morgan fingerprint density at radius 1 is 1.29 bits per heavy atom. The Bertz CT molecular complexity index is 516. The van der Waals surface area contributed by atoms with Crippen LogP contribution in [0.15, 0.2) is 46.0 Å². The minimum atomic E-state index is -0.269. The van der Waals surface area contributed by atoms with E-state index in [1.165, 1.54) is 17.8 Å². The Morgan fingerprint density at radius 2 is 2.12 bits per heavy atom. The summed E-state index contributed by atoms with van der Waals surface area (Å²) in [6.07, 6.45) is 1.72. The topological polar surface area (TPSA) is 38.9 Å². The molecule has 0 spiro atoms. The van der Waals surface area contributed by atoms with E-state index >= 15 is 0 Å². The molecule has 1 heterocycles. The number of nitrogens with two attached hydrogens (primary N) is 1. The molecule has 0 unspecified atom stereocenters. The molecule has 5 heteroatoms. The minimum Gasteiger partial charge on any atom is -0.399 e. The van der Waals surface area contributed by atoms with Gasteiger partial charge in [-0.2, -0.15) is 0 Å². The van der Waals surface area contributed by atoms with Crippen LogP contribution in [0.25, 0.3) is 0 Å². The van der Waals surface area contributed by atoms with E-state index in [-0.39, 0.29) is 5.82 Å². The van der Waals surface area contributed by atoms with Crippen LogP contribution < -0.4 is 5.73 Å². The summed E-state index contributed by atoms with van der Waals surface area (Å²) in [5, 5.41) is 0.865. The zero-order chi connectivity index (χ0) is 12.3. The second kappa shape index (κ2) is 5.51. The lowest BCUT2D eigenvalue weighted by Gasteiger charge is -2.04. The number of hydrogen-bond donors (Lipinski definition) is 1. The van der Waals surface area contributed by atoms with E-state index in [1.54, 1.807) is 18.3 Å². The summed E-state index contributed by atoms with van der Waals surface area (Å²) in [5.74, 6) is 0.274.